The van der Waals surface area contributed by atoms with E-state index in [4.69, 9.17) is 0 Å². The van der Waals surface area contributed by atoms with Crippen molar-refractivity contribution < 1.29 is 29.7 Å². The minimum Gasteiger partial charge on any atom is -0.507 e. The van der Waals surface area contributed by atoms with Crippen molar-refractivity contribution in [1.29, 1.82) is 0 Å². The number of benzene rings is 2. The first-order chi connectivity index (χ1) is 11.8. The van der Waals surface area contributed by atoms with Crippen molar-refractivity contribution in [2.75, 3.05) is 0 Å². The van der Waals surface area contributed by atoms with Gasteiger partial charge in [0.15, 0.2) is 11.6 Å². The Morgan fingerprint density at radius 1 is 1.04 bits per heavy atom. The number of aromatic hydroxyl groups is 2. The maximum atomic E-state index is 12.7. The summed E-state index contributed by atoms with van der Waals surface area (Å²) >= 11 is 0. The summed E-state index contributed by atoms with van der Waals surface area (Å²) in [6, 6.07) is 7.32. The van der Waals surface area contributed by atoms with Crippen molar-refractivity contribution in [3.63, 3.8) is 0 Å². The minimum absolute atomic E-state index is 0.0867. The van der Waals surface area contributed by atoms with Crippen LogP contribution in [0.5, 0.6) is 11.5 Å². The molecule has 2 aromatic carbocycles. The van der Waals surface area contributed by atoms with Gasteiger partial charge >= 0.3 is 0 Å². The summed E-state index contributed by atoms with van der Waals surface area (Å²) in [5.41, 5.74) is -1.59. The molecule has 6 heteroatoms. The van der Waals surface area contributed by atoms with Crippen molar-refractivity contribution in [3.05, 3.63) is 58.1 Å². The third kappa shape index (κ3) is 2.70. The van der Waals surface area contributed by atoms with Crippen LogP contribution in [-0.2, 0) is 11.2 Å². The Balaban J connectivity index is 2.18. The Labute approximate surface area is 143 Å². The van der Waals surface area contributed by atoms with E-state index in [0.29, 0.717) is 6.29 Å². The quantitative estimate of drug-likeness (QED) is 0.493. The summed E-state index contributed by atoms with van der Waals surface area (Å²) in [6.07, 6.45) is 0.196. The lowest BCUT2D eigenvalue weighted by Crippen LogP contribution is -2.28. The number of aldehydes is 1. The molecule has 3 rings (SSSR count). The van der Waals surface area contributed by atoms with Crippen LogP contribution in [0.25, 0.3) is 0 Å². The summed E-state index contributed by atoms with van der Waals surface area (Å²) < 4.78 is 0. The first kappa shape index (κ1) is 16.9. The summed E-state index contributed by atoms with van der Waals surface area (Å²) in [5.74, 6) is -2.04. The zero-order valence-corrected chi connectivity index (χ0v) is 13.4. The molecule has 0 heterocycles. The average molecular weight is 340 g/mol. The van der Waals surface area contributed by atoms with E-state index >= 15 is 0 Å². The number of carbonyl (C=O) groups is 3. The maximum Gasteiger partial charge on any atom is 0.198 e. The van der Waals surface area contributed by atoms with Crippen LogP contribution in [0.3, 0.4) is 0 Å². The second-order valence-corrected chi connectivity index (χ2v) is 6.40. The number of carbonyl (C=O) groups excluding carboxylic acids is 3. The molecule has 2 aromatic rings. The summed E-state index contributed by atoms with van der Waals surface area (Å²) in [7, 11) is 0. The molecule has 0 amide bonds. The van der Waals surface area contributed by atoms with Crippen molar-refractivity contribution in [2.45, 2.75) is 25.4 Å². The number of aliphatic hydroxyl groups is 1. The highest BCUT2D eigenvalue weighted by Gasteiger charge is 2.36. The number of hydrogen-bond acceptors (Lipinski definition) is 6. The number of phenols is 2. The molecular weight excluding hydrogens is 324 g/mol. The predicted molar refractivity (Wildman–Crippen MR) is 88.1 cm³/mol. The Hall–Kier alpha value is -2.99. The van der Waals surface area contributed by atoms with Crippen LogP contribution in [0.15, 0.2) is 30.3 Å². The van der Waals surface area contributed by atoms with Crippen LogP contribution in [-0.4, -0.2) is 38.8 Å². The van der Waals surface area contributed by atoms with E-state index < -0.39 is 28.7 Å². The van der Waals surface area contributed by atoms with Gasteiger partial charge in [0.1, 0.15) is 17.8 Å². The molecule has 0 unspecified atom stereocenters. The third-order valence-electron chi connectivity index (χ3n) is 4.32. The summed E-state index contributed by atoms with van der Waals surface area (Å²) in [5, 5.41) is 31.0. The van der Waals surface area contributed by atoms with Gasteiger partial charge in [0.2, 0.25) is 0 Å². The molecule has 1 atom stereocenters. The molecule has 128 valence electrons. The molecule has 3 N–H and O–H groups in total. The molecule has 0 radical (unpaired) electrons. The van der Waals surface area contributed by atoms with Gasteiger partial charge in [0.05, 0.1) is 16.7 Å². The van der Waals surface area contributed by atoms with Crippen LogP contribution in [0.2, 0.25) is 0 Å². The molecule has 0 spiro atoms. The van der Waals surface area contributed by atoms with Crippen molar-refractivity contribution >= 4 is 17.9 Å². The lowest BCUT2D eigenvalue weighted by Gasteiger charge is -2.24. The highest BCUT2D eigenvalue weighted by atomic mass is 16.3. The zero-order valence-electron chi connectivity index (χ0n) is 13.4. The van der Waals surface area contributed by atoms with Crippen LogP contribution in [0.1, 0.15) is 50.8 Å². The Kier molecular flexibility index (Phi) is 3.93. The molecule has 6 nitrogen and oxygen atoms in total. The van der Waals surface area contributed by atoms with E-state index in [1.807, 2.05) is 0 Å². The molecule has 1 aliphatic carbocycles. The van der Waals surface area contributed by atoms with Crippen molar-refractivity contribution in [2.24, 2.45) is 0 Å². The van der Waals surface area contributed by atoms with Gasteiger partial charge in [-0.15, -0.1) is 0 Å². The lowest BCUT2D eigenvalue weighted by molar-refractivity contribution is -0.111. The molecule has 0 aromatic heterocycles. The summed E-state index contributed by atoms with van der Waals surface area (Å²) in [6.45, 7) is 1.40. The second kappa shape index (κ2) is 5.82. The zero-order chi connectivity index (χ0) is 18.4. The van der Waals surface area contributed by atoms with E-state index in [2.05, 4.69) is 0 Å². The van der Waals surface area contributed by atoms with Crippen LogP contribution >= 0.6 is 0 Å². The monoisotopic (exact) mass is 340 g/mol. The van der Waals surface area contributed by atoms with E-state index in [9.17, 15) is 29.7 Å². The van der Waals surface area contributed by atoms with E-state index in [1.165, 1.54) is 19.1 Å². The van der Waals surface area contributed by atoms with Gasteiger partial charge in [0, 0.05) is 29.5 Å². The molecule has 0 saturated carbocycles. The van der Waals surface area contributed by atoms with E-state index in [1.54, 1.807) is 12.1 Å². The van der Waals surface area contributed by atoms with Gasteiger partial charge in [-0.2, -0.15) is 0 Å². The lowest BCUT2D eigenvalue weighted by atomic mass is 9.80. The van der Waals surface area contributed by atoms with Gasteiger partial charge in [-0.3, -0.25) is 9.59 Å². The van der Waals surface area contributed by atoms with Gasteiger partial charge in [-0.25, -0.2) is 0 Å². The first-order valence-corrected chi connectivity index (χ1v) is 7.69. The van der Waals surface area contributed by atoms with Gasteiger partial charge in [-0.1, -0.05) is 24.3 Å². The number of rotatable bonds is 4. The van der Waals surface area contributed by atoms with Gasteiger partial charge in [-0.05, 0) is 13.0 Å². The number of hydrogen-bond donors (Lipinski definition) is 3. The molecule has 0 saturated heterocycles. The molecule has 0 bridgehead atoms. The third-order valence-corrected chi connectivity index (χ3v) is 4.32. The van der Waals surface area contributed by atoms with Crippen molar-refractivity contribution in [1.82, 2.24) is 0 Å². The number of ketones is 2. The number of phenolic OH excluding ortho intramolecular Hbond substituents is 2. The highest BCUT2D eigenvalue weighted by Crippen LogP contribution is 2.41. The Morgan fingerprint density at radius 3 is 2.16 bits per heavy atom. The SMILES string of the molecule is C[C@@](O)(CC=O)Cc1cc(O)c2c(c1O)C(=O)c1ccccc1C2=O. The maximum absolute atomic E-state index is 12.7. The molecule has 0 aliphatic heterocycles. The predicted octanol–water partition coefficient (Wildman–Crippen LogP) is 1.76. The normalized spacial score (nSPS) is 15.3. The summed E-state index contributed by atoms with van der Waals surface area (Å²) in [4.78, 5) is 36.0. The fourth-order valence-corrected chi connectivity index (χ4v) is 3.11. The standard InChI is InChI=1S/C19H16O6/c1-19(25,6-7-20)9-10-8-13(21)14-15(16(10)22)18(24)12-5-3-2-4-11(12)17(14)23/h2-5,7-8,21-22,25H,6,9H2,1H3/t19-/m1/s1. The van der Waals surface area contributed by atoms with Crippen molar-refractivity contribution in [3.8, 4) is 11.5 Å². The first-order valence-electron chi connectivity index (χ1n) is 7.69. The van der Waals surface area contributed by atoms with E-state index in [-0.39, 0.29) is 40.7 Å². The fraction of sp³-hybridized carbons (Fsp3) is 0.211. The fourth-order valence-electron chi connectivity index (χ4n) is 3.11. The molecular formula is C19H16O6. The highest BCUT2D eigenvalue weighted by molar-refractivity contribution is 6.30. The number of fused-ring (bicyclic) bond motifs is 2. The van der Waals surface area contributed by atoms with Gasteiger partial charge < -0.3 is 20.1 Å². The van der Waals surface area contributed by atoms with Crippen LogP contribution in [0.4, 0.5) is 0 Å². The van der Waals surface area contributed by atoms with Crippen LogP contribution in [0, 0.1) is 0 Å². The molecule has 1 aliphatic rings. The van der Waals surface area contributed by atoms with Crippen LogP contribution < -0.4 is 0 Å². The Bertz CT molecular complexity index is 910. The molecule has 25 heavy (non-hydrogen) atoms. The minimum atomic E-state index is -1.46. The largest absolute Gasteiger partial charge is 0.507 e. The Morgan fingerprint density at radius 2 is 1.60 bits per heavy atom. The molecule has 0 fully saturated rings. The second-order valence-electron chi connectivity index (χ2n) is 6.40. The van der Waals surface area contributed by atoms with Gasteiger partial charge in [0.25, 0.3) is 0 Å². The smallest absolute Gasteiger partial charge is 0.198 e. The average Bonchev–Trinajstić information content (AvgIpc) is 2.55. The topological polar surface area (TPSA) is 112 Å². The van der Waals surface area contributed by atoms with E-state index in [0.717, 1.165) is 6.07 Å².